The van der Waals surface area contributed by atoms with Gasteiger partial charge in [0.2, 0.25) is 0 Å². The first-order chi connectivity index (χ1) is 9.06. The Balaban J connectivity index is 2.08. The molecule has 0 aromatic heterocycles. The number of anilines is 1. The molecule has 106 valence electrons. The van der Waals surface area contributed by atoms with Gasteiger partial charge in [-0.25, -0.2) is 4.39 Å². The summed E-state index contributed by atoms with van der Waals surface area (Å²) in [5.74, 6) is 0.653. The van der Waals surface area contributed by atoms with Crippen molar-refractivity contribution in [3.8, 4) is 0 Å². The summed E-state index contributed by atoms with van der Waals surface area (Å²) in [6, 6.07) is 6.97. The third-order valence-electron chi connectivity index (χ3n) is 4.60. The third-order valence-corrected chi connectivity index (χ3v) is 4.60. The molecule has 1 aromatic rings. The highest BCUT2D eigenvalue weighted by atomic mass is 19.1. The fourth-order valence-corrected chi connectivity index (χ4v) is 3.15. The normalized spacial score (nSPS) is 27.3. The lowest BCUT2D eigenvalue weighted by Crippen LogP contribution is -2.43. The molecule has 1 saturated carbocycles. The summed E-state index contributed by atoms with van der Waals surface area (Å²) in [4.78, 5) is 2.03. The van der Waals surface area contributed by atoms with Gasteiger partial charge in [-0.1, -0.05) is 31.9 Å². The van der Waals surface area contributed by atoms with Crippen LogP contribution >= 0.6 is 0 Å². The predicted octanol–water partition coefficient (Wildman–Crippen LogP) is 3.42. The van der Waals surface area contributed by atoms with Gasteiger partial charge in [0.05, 0.1) is 5.69 Å². The minimum atomic E-state index is -0.152. The molecular formula is C16H25FN2. The average Bonchev–Trinajstić information content (AvgIpc) is 2.42. The summed E-state index contributed by atoms with van der Waals surface area (Å²) in [7, 11) is 1.97. The van der Waals surface area contributed by atoms with Crippen molar-refractivity contribution in [2.45, 2.75) is 32.6 Å². The van der Waals surface area contributed by atoms with Crippen molar-refractivity contribution < 1.29 is 4.39 Å². The van der Waals surface area contributed by atoms with Crippen LogP contribution in [0, 0.1) is 17.2 Å². The van der Waals surface area contributed by atoms with Crippen molar-refractivity contribution in [2.24, 2.45) is 17.1 Å². The van der Waals surface area contributed by atoms with Gasteiger partial charge in [0.15, 0.2) is 0 Å². The molecule has 0 saturated heterocycles. The van der Waals surface area contributed by atoms with Crippen LogP contribution in [0.5, 0.6) is 0 Å². The van der Waals surface area contributed by atoms with Crippen LogP contribution in [0.3, 0.4) is 0 Å². The van der Waals surface area contributed by atoms with Crippen LogP contribution in [-0.4, -0.2) is 20.1 Å². The number of halogens is 1. The summed E-state index contributed by atoms with van der Waals surface area (Å²) in [6.07, 6.45) is 4.79. The van der Waals surface area contributed by atoms with Crippen LogP contribution < -0.4 is 10.6 Å². The van der Waals surface area contributed by atoms with Gasteiger partial charge in [0.1, 0.15) is 5.82 Å². The maximum Gasteiger partial charge on any atom is 0.146 e. The van der Waals surface area contributed by atoms with Gasteiger partial charge in [-0.05, 0) is 37.4 Å². The van der Waals surface area contributed by atoms with Crippen LogP contribution in [0.2, 0.25) is 0 Å². The summed E-state index contributed by atoms with van der Waals surface area (Å²) < 4.78 is 13.8. The van der Waals surface area contributed by atoms with Crippen molar-refractivity contribution in [1.29, 1.82) is 0 Å². The second-order valence-electron chi connectivity index (χ2n) is 6.19. The molecule has 2 rings (SSSR count). The molecule has 0 aliphatic heterocycles. The van der Waals surface area contributed by atoms with E-state index in [0.29, 0.717) is 12.2 Å². The monoisotopic (exact) mass is 264 g/mol. The fourth-order valence-electron chi connectivity index (χ4n) is 3.15. The average molecular weight is 264 g/mol. The summed E-state index contributed by atoms with van der Waals surface area (Å²) in [5.41, 5.74) is 6.86. The van der Waals surface area contributed by atoms with E-state index in [-0.39, 0.29) is 11.2 Å². The Morgan fingerprint density at radius 3 is 2.53 bits per heavy atom. The zero-order valence-electron chi connectivity index (χ0n) is 12.0. The van der Waals surface area contributed by atoms with Crippen molar-refractivity contribution in [3.63, 3.8) is 0 Å². The Morgan fingerprint density at radius 2 is 1.95 bits per heavy atom. The number of rotatable bonds is 4. The molecule has 19 heavy (non-hydrogen) atoms. The first-order valence-electron chi connectivity index (χ1n) is 7.22. The maximum atomic E-state index is 13.8. The molecule has 0 heterocycles. The minimum absolute atomic E-state index is 0.152. The van der Waals surface area contributed by atoms with E-state index in [1.54, 1.807) is 6.07 Å². The van der Waals surface area contributed by atoms with E-state index in [1.165, 1.54) is 18.9 Å². The van der Waals surface area contributed by atoms with Gasteiger partial charge in [-0.15, -0.1) is 0 Å². The van der Waals surface area contributed by atoms with Gasteiger partial charge in [0, 0.05) is 19.0 Å². The molecule has 0 radical (unpaired) electrons. The SMILES string of the molecule is CC1CCC(CN)(CN(C)c2ccccc2F)CC1. The lowest BCUT2D eigenvalue weighted by Gasteiger charge is -2.41. The molecule has 2 nitrogen and oxygen atoms in total. The van der Waals surface area contributed by atoms with Gasteiger partial charge < -0.3 is 10.6 Å². The number of nitrogens with two attached hydrogens (primary N) is 1. The Labute approximate surface area is 115 Å². The molecule has 0 unspecified atom stereocenters. The van der Waals surface area contributed by atoms with E-state index in [0.717, 1.165) is 25.3 Å². The van der Waals surface area contributed by atoms with E-state index in [4.69, 9.17) is 5.73 Å². The van der Waals surface area contributed by atoms with E-state index in [2.05, 4.69) is 6.92 Å². The van der Waals surface area contributed by atoms with Crippen molar-refractivity contribution in [2.75, 3.05) is 25.0 Å². The lowest BCUT2D eigenvalue weighted by molar-refractivity contribution is 0.170. The van der Waals surface area contributed by atoms with Gasteiger partial charge in [-0.3, -0.25) is 0 Å². The van der Waals surface area contributed by atoms with Gasteiger partial charge >= 0.3 is 0 Å². The number of hydrogen-bond donors (Lipinski definition) is 1. The Bertz CT molecular complexity index is 411. The van der Waals surface area contributed by atoms with E-state index in [9.17, 15) is 4.39 Å². The van der Waals surface area contributed by atoms with Crippen molar-refractivity contribution >= 4 is 5.69 Å². The van der Waals surface area contributed by atoms with Crippen LogP contribution in [0.1, 0.15) is 32.6 Å². The molecule has 2 N–H and O–H groups in total. The second-order valence-corrected chi connectivity index (χ2v) is 6.19. The highest BCUT2D eigenvalue weighted by molar-refractivity contribution is 5.47. The highest BCUT2D eigenvalue weighted by Crippen LogP contribution is 2.39. The third kappa shape index (κ3) is 3.27. The number of para-hydroxylation sites is 1. The second kappa shape index (κ2) is 5.91. The quantitative estimate of drug-likeness (QED) is 0.903. The molecule has 1 aromatic carbocycles. The van der Waals surface area contributed by atoms with E-state index in [1.807, 2.05) is 24.1 Å². The van der Waals surface area contributed by atoms with Crippen molar-refractivity contribution in [3.05, 3.63) is 30.1 Å². The largest absolute Gasteiger partial charge is 0.372 e. The Kier molecular flexibility index (Phi) is 4.46. The molecule has 1 aliphatic rings. The smallest absolute Gasteiger partial charge is 0.146 e. The highest BCUT2D eigenvalue weighted by Gasteiger charge is 2.34. The Hall–Kier alpha value is -1.09. The first kappa shape index (κ1) is 14.3. The summed E-state index contributed by atoms with van der Waals surface area (Å²) >= 11 is 0. The number of nitrogens with zero attached hydrogens (tertiary/aromatic N) is 1. The summed E-state index contributed by atoms with van der Waals surface area (Å²) in [6.45, 7) is 3.84. The molecule has 3 heteroatoms. The molecule has 0 bridgehead atoms. The first-order valence-corrected chi connectivity index (χ1v) is 7.22. The maximum absolute atomic E-state index is 13.8. The number of hydrogen-bond acceptors (Lipinski definition) is 2. The molecular weight excluding hydrogens is 239 g/mol. The molecule has 1 fully saturated rings. The fraction of sp³-hybridized carbons (Fsp3) is 0.625. The van der Waals surface area contributed by atoms with Crippen LogP contribution in [0.15, 0.2) is 24.3 Å². The summed E-state index contributed by atoms with van der Waals surface area (Å²) in [5, 5.41) is 0. The van der Waals surface area contributed by atoms with Crippen molar-refractivity contribution in [1.82, 2.24) is 0 Å². The molecule has 1 aliphatic carbocycles. The van der Waals surface area contributed by atoms with E-state index >= 15 is 0 Å². The van der Waals surface area contributed by atoms with E-state index < -0.39 is 0 Å². The lowest BCUT2D eigenvalue weighted by atomic mass is 9.70. The van der Waals surface area contributed by atoms with Crippen LogP contribution in [0.25, 0.3) is 0 Å². The number of benzene rings is 1. The van der Waals surface area contributed by atoms with Gasteiger partial charge in [0.25, 0.3) is 0 Å². The standard InChI is InChI=1S/C16H25FN2/c1-13-7-9-16(11-18,10-8-13)12-19(2)15-6-4-3-5-14(15)17/h3-6,13H,7-12,18H2,1-2H3. The minimum Gasteiger partial charge on any atom is -0.372 e. The predicted molar refractivity (Wildman–Crippen MR) is 78.8 cm³/mol. The topological polar surface area (TPSA) is 29.3 Å². The molecule has 0 amide bonds. The van der Waals surface area contributed by atoms with Crippen LogP contribution in [0.4, 0.5) is 10.1 Å². The molecule has 0 spiro atoms. The zero-order chi connectivity index (χ0) is 13.9. The molecule has 0 atom stereocenters. The van der Waals surface area contributed by atoms with Gasteiger partial charge in [-0.2, -0.15) is 0 Å². The zero-order valence-corrected chi connectivity index (χ0v) is 12.0. The van der Waals surface area contributed by atoms with Crippen LogP contribution in [-0.2, 0) is 0 Å². The Morgan fingerprint density at radius 1 is 1.32 bits per heavy atom.